The number of pyridine rings is 1. The molecular formula is C23H32N4O3S. The molecule has 168 valence electrons. The summed E-state index contributed by atoms with van der Waals surface area (Å²) in [6, 6.07) is 12.0. The third kappa shape index (κ3) is 5.26. The van der Waals surface area contributed by atoms with Gasteiger partial charge >= 0.3 is 0 Å². The topological polar surface area (TPSA) is 74.8 Å². The fourth-order valence-electron chi connectivity index (χ4n) is 4.23. The molecule has 2 saturated heterocycles. The SMILES string of the molecule is Cc1ccc(C2OCCCC2CNc2ccc(S(=O)(=O)N3CCN(C)CC3)cn2)cc1. The molecular weight excluding hydrogens is 412 g/mol. The van der Waals surface area contributed by atoms with Crippen molar-refractivity contribution in [2.45, 2.75) is 30.8 Å². The lowest BCUT2D eigenvalue weighted by Gasteiger charge is -2.32. The first-order chi connectivity index (χ1) is 14.9. The number of nitrogens with zero attached hydrogens (tertiary/aromatic N) is 3. The molecule has 3 heterocycles. The number of sulfonamides is 1. The van der Waals surface area contributed by atoms with Gasteiger partial charge in [-0.3, -0.25) is 0 Å². The van der Waals surface area contributed by atoms with Gasteiger partial charge in [-0.05, 0) is 44.5 Å². The molecule has 1 aromatic carbocycles. The van der Waals surface area contributed by atoms with E-state index < -0.39 is 10.0 Å². The first-order valence-electron chi connectivity index (χ1n) is 11.0. The molecule has 2 unspecified atom stereocenters. The summed E-state index contributed by atoms with van der Waals surface area (Å²) in [5.41, 5.74) is 2.45. The van der Waals surface area contributed by atoms with Crippen molar-refractivity contribution >= 4 is 15.8 Å². The largest absolute Gasteiger partial charge is 0.373 e. The summed E-state index contributed by atoms with van der Waals surface area (Å²) < 4.78 is 33.4. The Bertz CT molecular complexity index is 955. The molecule has 8 heteroatoms. The number of benzene rings is 1. The van der Waals surface area contributed by atoms with Gasteiger partial charge in [0.25, 0.3) is 0 Å². The predicted molar refractivity (Wildman–Crippen MR) is 122 cm³/mol. The van der Waals surface area contributed by atoms with Crippen LogP contribution in [-0.4, -0.2) is 69.0 Å². The summed E-state index contributed by atoms with van der Waals surface area (Å²) in [7, 11) is -1.48. The van der Waals surface area contributed by atoms with Crippen molar-refractivity contribution in [3.8, 4) is 0 Å². The van der Waals surface area contributed by atoms with E-state index in [9.17, 15) is 8.42 Å². The number of likely N-dealkylation sites (N-methyl/N-ethyl adjacent to an activating group) is 1. The Morgan fingerprint density at radius 1 is 1.10 bits per heavy atom. The molecule has 0 aliphatic carbocycles. The number of aromatic nitrogens is 1. The van der Waals surface area contributed by atoms with Crippen LogP contribution in [0.1, 0.15) is 30.1 Å². The molecule has 0 amide bonds. The van der Waals surface area contributed by atoms with Gasteiger partial charge in [-0.15, -0.1) is 0 Å². The van der Waals surface area contributed by atoms with E-state index in [1.165, 1.54) is 17.3 Å². The maximum absolute atomic E-state index is 12.9. The molecule has 2 aromatic rings. The van der Waals surface area contributed by atoms with Gasteiger partial charge in [-0.25, -0.2) is 13.4 Å². The number of hydrogen-bond donors (Lipinski definition) is 1. The van der Waals surface area contributed by atoms with Gasteiger partial charge in [0.05, 0.1) is 6.10 Å². The zero-order valence-electron chi connectivity index (χ0n) is 18.3. The summed E-state index contributed by atoms with van der Waals surface area (Å²) in [5.74, 6) is 1.03. The standard InChI is InChI=1S/C23H32N4O3S/c1-18-5-7-19(8-6-18)23-20(4-3-15-30-23)16-24-22-10-9-21(17-25-22)31(28,29)27-13-11-26(2)12-14-27/h5-10,17,20,23H,3-4,11-16H2,1-2H3,(H,24,25). The zero-order chi connectivity index (χ0) is 21.8. The van der Waals surface area contributed by atoms with Gasteiger partial charge in [0.15, 0.2) is 0 Å². The highest BCUT2D eigenvalue weighted by atomic mass is 32.2. The van der Waals surface area contributed by atoms with Crippen LogP contribution < -0.4 is 5.32 Å². The van der Waals surface area contributed by atoms with Crippen molar-refractivity contribution in [1.29, 1.82) is 0 Å². The summed E-state index contributed by atoms with van der Waals surface area (Å²) in [4.78, 5) is 6.77. The molecule has 0 bridgehead atoms. The molecule has 4 rings (SSSR count). The monoisotopic (exact) mass is 444 g/mol. The van der Waals surface area contributed by atoms with Crippen molar-refractivity contribution in [3.05, 3.63) is 53.7 Å². The highest BCUT2D eigenvalue weighted by Crippen LogP contribution is 2.34. The lowest BCUT2D eigenvalue weighted by atomic mass is 9.89. The second-order valence-electron chi connectivity index (χ2n) is 8.57. The third-order valence-corrected chi connectivity index (χ3v) is 8.11. The Hall–Kier alpha value is -2.00. The summed E-state index contributed by atoms with van der Waals surface area (Å²) in [6.07, 6.45) is 3.66. The molecule has 0 saturated carbocycles. The first-order valence-corrected chi connectivity index (χ1v) is 12.4. The molecule has 0 radical (unpaired) electrons. The zero-order valence-corrected chi connectivity index (χ0v) is 19.1. The Morgan fingerprint density at radius 3 is 2.52 bits per heavy atom. The number of nitrogens with one attached hydrogen (secondary N) is 1. The van der Waals surface area contributed by atoms with Crippen molar-refractivity contribution in [2.24, 2.45) is 5.92 Å². The van der Waals surface area contributed by atoms with Crippen LogP contribution >= 0.6 is 0 Å². The number of piperazine rings is 1. The predicted octanol–water partition coefficient (Wildman–Crippen LogP) is 2.91. The van der Waals surface area contributed by atoms with E-state index in [4.69, 9.17) is 4.74 Å². The lowest BCUT2D eigenvalue weighted by Crippen LogP contribution is -2.47. The smallest absolute Gasteiger partial charge is 0.244 e. The second kappa shape index (κ2) is 9.65. The fraction of sp³-hybridized carbons (Fsp3) is 0.522. The van der Waals surface area contributed by atoms with E-state index in [1.54, 1.807) is 16.4 Å². The normalized spacial score (nSPS) is 23.5. The molecule has 2 aliphatic heterocycles. The average Bonchev–Trinajstić information content (AvgIpc) is 2.79. The van der Waals surface area contributed by atoms with Gasteiger partial charge in [-0.1, -0.05) is 29.8 Å². The second-order valence-corrected chi connectivity index (χ2v) is 10.5. The van der Waals surface area contributed by atoms with Crippen LogP contribution in [0.5, 0.6) is 0 Å². The fourth-order valence-corrected chi connectivity index (χ4v) is 5.60. The summed E-state index contributed by atoms with van der Waals surface area (Å²) in [5, 5.41) is 3.38. The summed E-state index contributed by atoms with van der Waals surface area (Å²) in [6.45, 7) is 6.13. The van der Waals surface area contributed by atoms with Crippen LogP contribution in [0.3, 0.4) is 0 Å². The van der Waals surface area contributed by atoms with E-state index >= 15 is 0 Å². The maximum atomic E-state index is 12.9. The van der Waals surface area contributed by atoms with Crippen LogP contribution in [0, 0.1) is 12.8 Å². The average molecular weight is 445 g/mol. The van der Waals surface area contributed by atoms with Crippen LogP contribution in [0.4, 0.5) is 5.82 Å². The van der Waals surface area contributed by atoms with E-state index in [2.05, 4.69) is 46.4 Å². The Morgan fingerprint density at radius 2 is 1.84 bits per heavy atom. The maximum Gasteiger partial charge on any atom is 0.244 e. The third-order valence-electron chi connectivity index (χ3n) is 6.23. The molecule has 0 spiro atoms. The number of hydrogen-bond acceptors (Lipinski definition) is 6. The van der Waals surface area contributed by atoms with Gasteiger partial charge in [0, 0.05) is 51.4 Å². The number of anilines is 1. The van der Waals surface area contributed by atoms with Crippen molar-refractivity contribution in [2.75, 3.05) is 51.7 Å². The minimum atomic E-state index is -3.49. The van der Waals surface area contributed by atoms with Crippen LogP contribution in [-0.2, 0) is 14.8 Å². The van der Waals surface area contributed by atoms with Crippen LogP contribution in [0.15, 0.2) is 47.5 Å². The van der Waals surface area contributed by atoms with Crippen molar-refractivity contribution < 1.29 is 13.2 Å². The number of ether oxygens (including phenoxy) is 1. The molecule has 2 aliphatic rings. The molecule has 31 heavy (non-hydrogen) atoms. The van der Waals surface area contributed by atoms with Gasteiger partial charge in [0.2, 0.25) is 10.0 Å². The minimum absolute atomic E-state index is 0.0683. The first kappa shape index (κ1) is 22.2. The van der Waals surface area contributed by atoms with Crippen LogP contribution in [0.2, 0.25) is 0 Å². The van der Waals surface area contributed by atoms with E-state index in [1.807, 2.05) is 7.05 Å². The Balaban J connectivity index is 1.39. The Kier molecular flexibility index (Phi) is 6.91. The highest BCUT2D eigenvalue weighted by molar-refractivity contribution is 7.89. The van der Waals surface area contributed by atoms with Crippen molar-refractivity contribution in [1.82, 2.24) is 14.2 Å². The highest BCUT2D eigenvalue weighted by Gasteiger charge is 2.29. The molecule has 2 fully saturated rings. The molecule has 1 aromatic heterocycles. The minimum Gasteiger partial charge on any atom is -0.373 e. The van der Waals surface area contributed by atoms with E-state index in [-0.39, 0.29) is 11.0 Å². The lowest BCUT2D eigenvalue weighted by molar-refractivity contribution is -0.0238. The Labute approximate surface area is 185 Å². The van der Waals surface area contributed by atoms with Crippen molar-refractivity contribution in [3.63, 3.8) is 0 Å². The molecule has 1 N–H and O–H groups in total. The number of rotatable bonds is 6. The van der Waals surface area contributed by atoms with Crippen LogP contribution in [0.25, 0.3) is 0 Å². The number of aryl methyl sites for hydroxylation is 1. The summed E-state index contributed by atoms with van der Waals surface area (Å²) >= 11 is 0. The van der Waals surface area contributed by atoms with E-state index in [0.29, 0.717) is 24.8 Å². The van der Waals surface area contributed by atoms with E-state index in [0.717, 1.165) is 39.1 Å². The quantitative estimate of drug-likeness (QED) is 0.739. The van der Waals surface area contributed by atoms with Gasteiger partial charge in [0.1, 0.15) is 10.7 Å². The van der Waals surface area contributed by atoms with Gasteiger partial charge in [-0.2, -0.15) is 4.31 Å². The van der Waals surface area contributed by atoms with Gasteiger partial charge < -0.3 is 15.0 Å². The molecule has 7 nitrogen and oxygen atoms in total. The molecule has 2 atom stereocenters.